The van der Waals surface area contributed by atoms with E-state index in [-0.39, 0.29) is 28.9 Å². The fraction of sp³-hybridized carbons (Fsp3) is 0.409. The first-order chi connectivity index (χ1) is 13.5. The minimum atomic E-state index is -0.350. The molecular formula is C22H27N3O3. The zero-order chi connectivity index (χ0) is 20.1. The summed E-state index contributed by atoms with van der Waals surface area (Å²) in [5.74, 6) is -0.135. The Labute approximate surface area is 165 Å². The minimum absolute atomic E-state index is 0.0733. The lowest BCUT2D eigenvalue weighted by molar-refractivity contribution is 0.0669. The van der Waals surface area contributed by atoms with Crippen molar-refractivity contribution in [2.24, 2.45) is 5.92 Å². The summed E-state index contributed by atoms with van der Waals surface area (Å²) >= 11 is 0. The van der Waals surface area contributed by atoms with Gasteiger partial charge in [-0.25, -0.2) is 0 Å². The maximum absolute atomic E-state index is 12.7. The monoisotopic (exact) mass is 381 g/mol. The van der Waals surface area contributed by atoms with Gasteiger partial charge in [-0.15, -0.1) is 0 Å². The Morgan fingerprint density at radius 3 is 2.71 bits per heavy atom. The number of pyridine rings is 1. The molecule has 2 heterocycles. The number of nitrogens with zero attached hydrogens (tertiary/aromatic N) is 1. The van der Waals surface area contributed by atoms with E-state index < -0.39 is 0 Å². The summed E-state index contributed by atoms with van der Waals surface area (Å²) in [4.78, 5) is 41.8. The van der Waals surface area contributed by atoms with Crippen molar-refractivity contribution in [3.63, 3.8) is 0 Å². The lowest BCUT2D eigenvalue weighted by Gasteiger charge is -2.32. The Morgan fingerprint density at radius 2 is 1.96 bits per heavy atom. The molecule has 0 bridgehead atoms. The summed E-state index contributed by atoms with van der Waals surface area (Å²) in [5, 5.41) is 3.02. The molecule has 1 saturated heterocycles. The highest BCUT2D eigenvalue weighted by molar-refractivity contribution is 5.95. The van der Waals surface area contributed by atoms with Crippen LogP contribution in [0, 0.1) is 12.8 Å². The van der Waals surface area contributed by atoms with Gasteiger partial charge in [0.1, 0.15) is 5.56 Å². The number of nitrogens with one attached hydrogen (secondary N) is 2. The molecule has 2 aromatic rings. The fourth-order valence-electron chi connectivity index (χ4n) is 3.71. The van der Waals surface area contributed by atoms with Crippen LogP contribution in [0.2, 0.25) is 0 Å². The van der Waals surface area contributed by atoms with Crippen molar-refractivity contribution in [2.45, 2.75) is 33.1 Å². The molecule has 1 aromatic heterocycles. The Hall–Kier alpha value is -2.89. The van der Waals surface area contributed by atoms with Gasteiger partial charge < -0.3 is 15.2 Å². The number of likely N-dealkylation sites (tertiary alicyclic amines) is 1. The molecule has 1 fully saturated rings. The number of aryl methyl sites for hydroxylation is 2. The highest BCUT2D eigenvalue weighted by atomic mass is 16.2. The third-order valence-corrected chi connectivity index (χ3v) is 5.29. The Bertz CT molecular complexity index is 919. The highest BCUT2D eigenvalue weighted by Crippen LogP contribution is 2.18. The third-order valence-electron chi connectivity index (χ3n) is 5.29. The number of aromatic amines is 1. The van der Waals surface area contributed by atoms with Gasteiger partial charge in [0, 0.05) is 30.9 Å². The number of amides is 2. The molecule has 0 radical (unpaired) electrons. The molecule has 1 aromatic carbocycles. The van der Waals surface area contributed by atoms with E-state index in [0.29, 0.717) is 25.2 Å². The third kappa shape index (κ3) is 4.50. The average Bonchev–Trinajstić information content (AvgIpc) is 2.71. The van der Waals surface area contributed by atoms with Crippen molar-refractivity contribution < 1.29 is 9.59 Å². The van der Waals surface area contributed by atoms with E-state index in [9.17, 15) is 14.4 Å². The molecule has 1 aliphatic rings. The molecule has 2 N–H and O–H groups in total. The van der Waals surface area contributed by atoms with Crippen molar-refractivity contribution in [3.05, 3.63) is 69.1 Å². The molecule has 3 rings (SSSR count). The van der Waals surface area contributed by atoms with Crippen LogP contribution >= 0.6 is 0 Å². The first kappa shape index (κ1) is 19.9. The minimum Gasteiger partial charge on any atom is -0.352 e. The normalized spacial score (nSPS) is 16.6. The summed E-state index contributed by atoms with van der Waals surface area (Å²) < 4.78 is 0. The Balaban J connectivity index is 1.61. The van der Waals surface area contributed by atoms with Gasteiger partial charge in [-0.3, -0.25) is 14.4 Å². The van der Waals surface area contributed by atoms with E-state index >= 15 is 0 Å². The van der Waals surface area contributed by atoms with E-state index in [1.807, 2.05) is 31.2 Å². The highest BCUT2D eigenvalue weighted by Gasteiger charge is 2.26. The van der Waals surface area contributed by atoms with Crippen LogP contribution in [0.25, 0.3) is 0 Å². The number of benzene rings is 1. The predicted molar refractivity (Wildman–Crippen MR) is 109 cm³/mol. The number of rotatable bonds is 5. The first-order valence-electron chi connectivity index (χ1n) is 9.85. The lowest BCUT2D eigenvalue weighted by atomic mass is 9.97. The summed E-state index contributed by atoms with van der Waals surface area (Å²) in [6.07, 6.45) is 2.62. The van der Waals surface area contributed by atoms with Crippen LogP contribution in [0.15, 0.2) is 41.2 Å². The molecule has 0 spiro atoms. The summed E-state index contributed by atoms with van der Waals surface area (Å²) in [5.41, 5.74) is 2.29. The number of hydrogen-bond acceptors (Lipinski definition) is 3. The van der Waals surface area contributed by atoms with E-state index in [1.165, 1.54) is 0 Å². The molecule has 148 valence electrons. The summed E-state index contributed by atoms with van der Waals surface area (Å²) in [6, 6.07) is 10.9. The number of H-pyrrole nitrogens is 1. The van der Waals surface area contributed by atoms with Gasteiger partial charge in [0.05, 0.1) is 0 Å². The summed E-state index contributed by atoms with van der Waals surface area (Å²) in [7, 11) is 0. The number of carbonyl (C=O) groups excluding carboxylic acids is 2. The van der Waals surface area contributed by atoms with Crippen LogP contribution < -0.4 is 10.9 Å². The van der Waals surface area contributed by atoms with Gasteiger partial charge in [-0.05, 0) is 55.9 Å². The summed E-state index contributed by atoms with van der Waals surface area (Å²) in [6.45, 7) is 5.51. The van der Waals surface area contributed by atoms with Gasteiger partial charge in [-0.1, -0.05) is 25.1 Å². The number of piperidine rings is 1. The Morgan fingerprint density at radius 1 is 1.18 bits per heavy atom. The smallest absolute Gasteiger partial charge is 0.260 e. The second-order valence-corrected chi connectivity index (χ2v) is 7.36. The standard InChI is InChI=1S/C22H27N3O3/c1-3-17-8-4-5-9-18(17)20(26)23-13-16-7-6-12-25(14-16)22(28)19-11-10-15(2)24-21(19)27/h4-5,8-11,16H,3,6-7,12-14H2,1-2H3,(H,23,26)(H,24,27). The van der Waals surface area contributed by atoms with Crippen molar-refractivity contribution in [1.29, 1.82) is 0 Å². The van der Waals surface area contributed by atoms with E-state index in [0.717, 1.165) is 30.5 Å². The van der Waals surface area contributed by atoms with Crippen LogP contribution in [0.5, 0.6) is 0 Å². The largest absolute Gasteiger partial charge is 0.352 e. The first-order valence-corrected chi connectivity index (χ1v) is 9.85. The van der Waals surface area contributed by atoms with Gasteiger partial charge in [0.2, 0.25) is 0 Å². The molecule has 6 nitrogen and oxygen atoms in total. The van der Waals surface area contributed by atoms with E-state index in [2.05, 4.69) is 10.3 Å². The predicted octanol–water partition coefficient (Wildman–Crippen LogP) is 2.53. The van der Waals surface area contributed by atoms with Crippen LogP contribution in [0.1, 0.15) is 51.7 Å². The van der Waals surface area contributed by atoms with E-state index in [1.54, 1.807) is 24.0 Å². The van der Waals surface area contributed by atoms with Crippen molar-refractivity contribution in [2.75, 3.05) is 19.6 Å². The van der Waals surface area contributed by atoms with Crippen LogP contribution in [0.4, 0.5) is 0 Å². The molecular weight excluding hydrogens is 354 g/mol. The quantitative estimate of drug-likeness (QED) is 0.835. The molecule has 1 aliphatic heterocycles. The molecule has 0 aliphatic carbocycles. The van der Waals surface area contributed by atoms with Gasteiger partial charge >= 0.3 is 0 Å². The van der Waals surface area contributed by atoms with Gasteiger partial charge in [0.15, 0.2) is 0 Å². The van der Waals surface area contributed by atoms with Crippen molar-refractivity contribution in [3.8, 4) is 0 Å². The average molecular weight is 381 g/mol. The number of hydrogen-bond donors (Lipinski definition) is 2. The van der Waals surface area contributed by atoms with E-state index in [4.69, 9.17) is 0 Å². The van der Waals surface area contributed by atoms with Crippen LogP contribution in [0.3, 0.4) is 0 Å². The molecule has 6 heteroatoms. The lowest BCUT2D eigenvalue weighted by Crippen LogP contribution is -2.45. The van der Waals surface area contributed by atoms with Crippen molar-refractivity contribution in [1.82, 2.24) is 15.2 Å². The molecule has 2 amide bonds. The zero-order valence-corrected chi connectivity index (χ0v) is 16.5. The van der Waals surface area contributed by atoms with Crippen LogP contribution in [-0.2, 0) is 6.42 Å². The molecule has 1 atom stereocenters. The van der Waals surface area contributed by atoms with Gasteiger partial charge in [0.25, 0.3) is 17.4 Å². The van der Waals surface area contributed by atoms with Gasteiger partial charge in [-0.2, -0.15) is 0 Å². The maximum Gasteiger partial charge on any atom is 0.260 e. The Kier molecular flexibility index (Phi) is 6.29. The molecule has 0 saturated carbocycles. The topological polar surface area (TPSA) is 82.3 Å². The SMILES string of the molecule is CCc1ccccc1C(=O)NCC1CCCN(C(=O)c2ccc(C)[nH]c2=O)C1. The van der Waals surface area contributed by atoms with Crippen molar-refractivity contribution >= 4 is 11.8 Å². The van der Waals surface area contributed by atoms with Crippen LogP contribution in [-0.4, -0.2) is 41.3 Å². The number of aromatic nitrogens is 1. The fourth-order valence-corrected chi connectivity index (χ4v) is 3.71. The second kappa shape index (κ2) is 8.87. The maximum atomic E-state index is 12.7. The second-order valence-electron chi connectivity index (χ2n) is 7.36. The zero-order valence-electron chi connectivity index (χ0n) is 16.5. The molecule has 1 unspecified atom stereocenters. The number of carbonyl (C=O) groups is 2. The molecule has 28 heavy (non-hydrogen) atoms.